The Hall–Kier alpha value is -0.570. The van der Waals surface area contributed by atoms with Gasteiger partial charge >= 0.3 is 0 Å². The van der Waals surface area contributed by atoms with Crippen LogP contribution in [0.2, 0.25) is 0 Å². The van der Waals surface area contributed by atoms with E-state index in [-0.39, 0.29) is 28.3 Å². The van der Waals surface area contributed by atoms with Gasteiger partial charge in [-0.15, -0.1) is 0 Å². The van der Waals surface area contributed by atoms with Crippen molar-refractivity contribution in [1.29, 1.82) is 0 Å². The van der Waals surface area contributed by atoms with Gasteiger partial charge in [0.25, 0.3) is 0 Å². The van der Waals surface area contributed by atoms with Crippen LogP contribution in [0.25, 0.3) is 0 Å². The molecule has 1 amide bonds. The van der Waals surface area contributed by atoms with Crippen LogP contribution in [0.15, 0.2) is 0 Å². The zero-order valence-corrected chi connectivity index (χ0v) is 15.2. The van der Waals surface area contributed by atoms with Crippen molar-refractivity contribution < 1.29 is 9.90 Å². The first-order valence-corrected chi connectivity index (χ1v) is 9.67. The Morgan fingerprint density at radius 1 is 0.957 bits per heavy atom. The molecule has 3 aliphatic carbocycles. The second kappa shape index (κ2) is 4.74. The quantitative estimate of drug-likeness (QED) is 0.718. The van der Waals surface area contributed by atoms with Crippen LogP contribution < -0.4 is 5.32 Å². The Kier molecular flexibility index (Phi) is 3.28. The van der Waals surface area contributed by atoms with Crippen molar-refractivity contribution in [3.63, 3.8) is 0 Å². The van der Waals surface area contributed by atoms with Crippen LogP contribution in [0.3, 0.4) is 0 Å². The number of amides is 1. The summed E-state index contributed by atoms with van der Waals surface area (Å²) in [6.45, 7) is 9.01. The van der Waals surface area contributed by atoms with E-state index >= 15 is 0 Å². The van der Waals surface area contributed by atoms with E-state index in [0.717, 1.165) is 31.6 Å². The molecule has 0 bridgehead atoms. The Labute approximate surface area is 140 Å². The maximum absolute atomic E-state index is 12.4. The van der Waals surface area contributed by atoms with E-state index < -0.39 is 0 Å². The van der Waals surface area contributed by atoms with Crippen molar-refractivity contribution in [2.75, 3.05) is 0 Å². The normalized spacial score (nSPS) is 54.7. The van der Waals surface area contributed by atoms with Crippen LogP contribution in [-0.2, 0) is 4.79 Å². The fourth-order valence-electron chi connectivity index (χ4n) is 7.31. The highest BCUT2D eigenvalue weighted by molar-refractivity contribution is 5.83. The van der Waals surface area contributed by atoms with E-state index in [2.05, 4.69) is 33.0 Å². The molecule has 3 heteroatoms. The van der Waals surface area contributed by atoms with Crippen molar-refractivity contribution in [3.8, 4) is 0 Å². The maximum Gasteiger partial charge on any atom is 0.225 e. The van der Waals surface area contributed by atoms with Crippen LogP contribution in [0.4, 0.5) is 0 Å². The Bertz CT molecular complexity index is 530. The molecule has 4 aliphatic rings. The van der Waals surface area contributed by atoms with Crippen molar-refractivity contribution in [2.24, 2.45) is 34.0 Å². The number of nitrogens with one attached hydrogen (secondary N) is 1. The Morgan fingerprint density at radius 3 is 2.39 bits per heavy atom. The number of aliphatic hydroxyl groups is 1. The summed E-state index contributed by atoms with van der Waals surface area (Å²) in [5.74, 6) is 2.40. The molecule has 0 aromatic carbocycles. The highest BCUT2D eigenvalue weighted by Crippen LogP contribution is 2.64. The number of hydrogen-bond acceptors (Lipinski definition) is 2. The van der Waals surface area contributed by atoms with Crippen molar-refractivity contribution in [2.45, 2.75) is 84.8 Å². The molecule has 2 N–H and O–H groups in total. The molecule has 23 heavy (non-hydrogen) atoms. The molecule has 1 heterocycles. The molecule has 0 aromatic rings. The smallest absolute Gasteiger partial charge is 0.225 e. The second-order valence-electron chi connectivity index (χ2n) is 10.2. The van der Waals surface area contributed by atoms with E-state index in [4.69, 9.17) is 0 Å². The second-order valence-corrected chi connectivity index (χ2v) is 10.2. The lowest BCUT2D eigenvalue weighted by molar-refractivity contribution is -0.154. The van der Waals surface area contributed by atoms with Crippen molar-refractivity contribution >= 4 is 5.91 Å². The summed E-state index contributed by atoms with van der Waals surface area (Å²) in [4.78, 5) is 12.4. The molecule has 4 rings (SSSR count). The number of piperidine rings is 1. The van der Waals surface area contributed by atoms with Gasteiger partial charge in [0.15, 0.2) is 0 Å². The fourth-order valence-corrected chi connectivity index (χ4v) is 7.31. The Morgan fingerprint density at radius 2 is 1.65 bits per heavy atom. The minimum Gasteiger partial charge on any atom is -0.393 e. The molecular weight excluding hydrogens is 286 g/mol. The van der Waals surface area contributed by atoms with Gasteiger partial charge in [-0.1, -0.05) is 27.7 Å². The van der Waals surface area contributed by atoms with E-state index in [1.54, 1.807) is 0 Å². The van der Waals surface area contributed by atoms with Crippen LogP contribution in [0.5, 0.6) is 0 Å². The highest BCUT2D eigenvalue weighted by Gasteiger charge is 2.62. The van der Waals surface area contributed by atoms with Crippen LogP contribution in [0.1, 0.15) is 72.6 Å². The number of fused-ring (bicyclic) bond motifs is 5. The zero-order valence-electron chi connectivity index (χ0n) is 15.2. The fraction of sp³-hybridized carbons (Fsp3) is 0.950. The van der Waals surface area contributed by atoms with Gasteiger partial charge in [-0.3, -0.25) is 4.79 Å². The summed E-state index contributed by atoms with van der Waals surface area (Å²) in [5.41, 5.74) is 0.135. The van der Waals surface area contributed by atoms with Gasteiger partial charge in [-0.2, -0.15) is 0 Å². The van der Waals surface area contributed by atoms with E-state index in [0.29, 0.717) is 17.9 Å². The lowest BCUT2D eigenvalue weighted by atomic mass is 9.46. The Balaban J connectivity index is 1.66. The first-order chi connectivity index (χ1) is 10.7. The first kappa shape index (κ1) is 15.9. The van der Waals surface area contributed by atoms with E-state index in [9.17, 15) is 9.90 Å². The molecule has 0 spiro atoms. The van der Waals surface area contributed by atoms with Crippen LogP contribution in [0, 0.1) is 34.0 Å². The van der Waals surface area contributed by atoms with Crippen LogP contribution in [-0.4, -0.2) is 23.2 Å². The average Bonchev–Trinajstić information content (AvgIpc) is 2.76. The monoisotopic (exact) mass is 319 g/mol. The molecule has 130 valence electrons. The van der Waals surface area contributed by atoms with Gasteiger partial charge in [0, 0.05) is 11.5 Å². The molecule has 0 radical (unpaired) electrons. The predicted octanol–water partition coefficient (Wildman–Crippen LogP) is 3.50. The number of carbonyl (C=O) groups excluding carboxylic acids is 1. The van der Waals surface area contributed by atoms with Gasteiger partial charge < -0.3 is 10.4 Å². The SMILES string of the molecule is CC1(C)C[C@@]2(C)[C@@H](CC[C@@H]3[C@@H]2CC[C@]2(C)[C@@H](O)CC[C@@H]32)NC1=O. The minimum atomic E-state index is -0.247. The van der Waals surface area contributed by atoms with Crippen LogP contribution >= 0.6 is 0 Å². The van der Waals surface area contributed by atoms with E-state index in [1.165, 1.54) is 19.3 Å². The summed E-state index contributed by atoms with van der Waals surface area (Å²) < 4.78 is 0. The number of rotatable bonds is 0. The third-order valence-corrected chi connectivity index (χ3v) is 8.56. The number of aliphatic hydroxyl groups excluding tert-OH is 1. The van der Waals surface area contributed by atoms with Crippen molar-refractivity contribution in [1.82, 2.24) is 5.32 Å². The van der Waals surface area contributed by atoms with Gasteiger partial charge in [0.1, 0.15) is 0 Å². The standard InChI is InChI=1S/C20H33NO2/c1-18(2)11-20(4)14-9-10-19(3)13(6-8-16(19)22)12(14)5-7-15(20)21-17(18)23/h12-16,22H,5-11H2,1-4H3,(H,21,23)/t12-,13-,14-,15+,16-,19-,20+/m0/s1. The summed E-state index contributed by atoms with van der Waals surface area (Å²) in [5, 5.41) is 13.9. The lowest BCUT2D eigenvalue weighted by Crippen LogP contribution is -2.65. The summed E-state index contributed by atoms with van der Waals surface area (Å²) in [6.07, 6.45) is 7.87. The third kappa shape index (κ3) is 2.01. The number of hydrogen-bond donors (Lipinski definition) is 2. The van der Waals surface area contributed by atoms with Gasteiger partial charge in [-0.25, -0.2) is 0 Å². The molecule has 0 unspecified atom stereocenters. The van der Waals surface area contributed by atoms with Gasteiger partial charge in [-0.05, 0) is 73.5 Å². The molecule has 3 saturated carbocycles. The topological polar surface area (TPSA) is 49.3 Å². The molecule has 1 aliphatic heterocycles. The molecule has 7 atom stereocenters. The first-order valence-electron chi connectivity index (χ1n) is 9.67. The molecular formula is C20H33NO2. The number of carbonyl (C=O) groups is 1. The third-order valence-electron chi connectivity index (χ3n) is 8.56. The summed E-state index contributed by atoms with van der Waals surface area (Å²) in [6, 6.07) is 0.361. The van der Waals surface area contributed by atoms with E-state index in [1.807, 2.05) is 0 Å². The molecule has 1 saturated heterocycles. The minimum absolute atomic E-state index is 0.0959. The summed E-state index contributed by atoms with van der Waals surface area (Å²) >= 11 is 0. The van der Waals surface area contributed by atoms with Gasteiger partial charge in [0.05, 0.1) is 6.10 Å². The zero-order chi connectivity index (χ0) is 16.6. The molecule has 0 aromatic heterocycles. The molecule has 4 fully saturated rings. The lowest BCUT2D eigenvalue weighted by Gasteiger charge is -2.61. The predicted molar refractivity (Wildman–Crippen MR) is 90.7 cm³/mol. The van der Waals surface area contributed by atoms with Gasteiger partial charge in [0.2, 0.25) is 5.91 Å². The maximum atomic E-state index is 12.4. The molecule has 3 nitrogen and oxygen atoms in total. The largest absolute Gasteiger partial charge is 0.393 e. The van der Waals surface area contributed by atoms with Crippen molar-refractivity contribution in [3.05, 3.63) is 0 Å². The summed E-state index contributed by atoms with van der Waals surface area (Å²) in [7, 11) is 0. The highest BCUT2D eigenvalue weighted by atomic mass is 16.3. The average molecular weight is 319 g/mol.